The highest BCUT2D eigenvalue weighted by Crippen LogP contribution is 2.29. The number of rotatable bonds is 4. The molecular weight excluding hydrogens is 352 g/mol. The lowest BCUT2D eigenvalue weighted by atomic mass is 10.0. The van der Waals surface area contributed by atoms with E-state index < -0.39 is 6.10 Å². The topological polar surface area (TPSA) is 26.3 Å². The number of Topliss-reactive ketones (excluding diaryl/α,β-unsaturated/α-hetero) is 1. The molecule has 0 aliphatic carbocycles. The number of benzene rings is 2. The maximum Gasteiger partial charge on any atom is 0.203 e. The zero-order chi connectivity index (χ0) is 15.6. The van der Waals surface area contributed by atoms with Gasteiger partial charge in [0.1, 0.15) is 5.75 Å². The van der Waals surface area contributed by atoms with Crippen molar-refractivity contribution in [2.24, 2.45) is 0 Å². The minimum absolute atomic E-state index is 0.0417. The SMILES string of the molecule is Cc1ccc(C(=O)C(C)Oc2ccc(Cl)cc2Br)cc1C. The van der Waals surface area contributed by atoms with Gasteiger partial charge in [0.15, 0.2) is 6.10 Å². The van der Waals surface area contributed by atoms with E-state index in [2.05, 4.69) is 15.9 Å². The molecule has 0 heterocycles. The predicted molar refractivity (Wildman–Crippen MR) is 89.5 cm³/mol. The normalized spacial score (nSPS) is 12.0. The third-order valence-corrected chi connectivity index (χ3v) is 4.21. The molecule has 1 unspecified atom stereocenters. The lowest BCUT2D eigenvalue weighted by molar-refractivity contribution is 0.0817. The molecule has 21 heavy (non-hydrogen) atoms. The van der Waals surface area contributed by atoms with Crippen LogP contribution < -0.4 is 4.74 Å². The second-order valence-corrected chi connectivity index (χ2v) is 6.29. The third kappa shape index (κ3) is 3.86. The standard InChI is InChI=1S/C17H16BrClO2/c1-10-4-5-13(8-11(10)2)17(20)12(3)21-16-7-6-14(19)9-15(16)18/h4-9,12H,1-3H3. The van der Waals surface area contributed by atoms with Crippen LogP contribution in [0.15, 0.2) is 40.9 Å². The fraction of sp³-hybridized carbons (Fsp3) is 0.235. The molecular formula is C17H16BrClO2. The zero-order valence-corrected chi connectivity index (χ0v) is 14.5. The molecule has 0 N–H and O–H groups in total. The molecule has 0 saturated carbocycles. The van der Waals surface area contributed by atoms with Gasteiger partial charge >= 0.3 is 0 Å². The summed E-state index contributed by atoms with van der Waals surface area (Å²) in [4.78, 5) is 12.4. The Morgan fingerprint density at radius 2 is 1.86 bits per heavy atom. The highest BCUT2D eigenvalue weighted by Gasteiger charge is 2.18. The molecule has 4 heteroatoms. The lowest BCUT2D eigenvalue weighted by Gasteiger charge is -2.15. The van der Waals surface area contributed by atoms with Crippen molar-refractivity contribution in [1.29, 1.82) is 0 Å². The molecule has 1 atom stereocenters. The number of carbonyl (C=O) groups excluding carboxylic acids is 1. The van der Waals surface area contributed by atoms with Crippen molar-refractivity contribution < 1.29 is 9.53 Å². The number of carbonyl (C=O) groups is 1. The van der Waals surface area contributed by atoms with E-state index in [9.17, 15) is 4.79 Å². The van der Waals surface area contributed by atoms with Crippen LogP contribution in [-0.2, 0) is 0 Å². The smallest absolute Gasteiger partial charge is 0.203 e. The Balaban J connectivity index is 2.17. The average Bonchev–Trinajstić information content (AvgIpc) is 2.44. The molecule has 0 bridgehead atoms. The fourth-order valence-corrected chi connectivity index (χ4v) is 2.72. The Morgan fingerprint density at radius 3 is 2.48 bits per heavy atom. The predicted octanol–water partition coefficient (Wildman–Crippen LogP) is 5.37. The number of hydrogen-bond donors (Lipinski definition) is 0. The zero-order valence-electron chi connectivity index (χ0n) is 12.1. The van der Waals surface area contributed by atoms with E-state index in [1.807, 2.05) is 32.0 Å². The first-order valence-corrected chi connectivity index (χ1v) is 7.78. The van der Waals surface area contributed by atoms with Crippen molar-refractivity contribution in [1.82, 2.24) is 0 Å². The first-order chi connectivity index (χ1) is 9.88. The molecule has 0 saturated heterocycles. The minimum atomic E-state index is -0.565. The number of halogens is 2. The van der Waals surface area contributed by atoms with Gasteiger partial charge in [-0.05, 0) is 72.1 Å². The maximum atomic E-state index is 12.4. The Kier molecular flexibility index (Phi) is 5.07. The number of ketones is 1. The quantitative estimate of drug-likeness (QED) is 0.679. The second kappa shape index (κ2) is 6.63. The largest absolute Gasteiger partial charge is 0.481 e. The second-order valence-electron chi connectivity index (χ2n) is 5.00. The van der Waals surface area contributed by atoms with Crippen molar-refractivity contribution in [3.8, 4) is 5.75 Å². The number of hydrogen-bond acceptors (Lipinski definition) is 2. The highest BCUT2D eigenvalue weighted by molar-refractivity contribution is 9.10. The number of aryl methyl sites for hydroxylation is 2. The van der Waals surface area contributed by atoms with Gasteiger partial charge in [0, 0.05) is 10.6 Å². The van der Waals surface area contributed by atoms with Crippen molar-refractivity contribution in [2.75, 3.05) is 0 Å². The van der Waals surface area contributed by atoms with Gasteiger partial charge in [-0.25, -0.2) is 0 Å². The van der Waals surface area contributed by atoms with E-state index in [4.69, 9.17) is 16.3 Å². The molecule has 110 valence electrons. The van der Waals surface area contributed by atoms with Gasteiger partial charge in [0.25, 0.3) is 0 Å². The van der Waals surface area contributed by atoms with Gasteiger partial charge in [0.2, 0.25) is 5.78 Å². The summed E-state index contributed by atoms with van der Waals surface area (Å²) in [5, 5.41) is 0.613. The maximum absolute atomic E-state index is 12.4. The Labute approximate surface area is 138 Å². The summed E-state index contributed by atoms with van der Waals surface area (Å²) in [7, 11) is 0. The van der Waals surface area contributed by atoms with Gasteiger partial charge in [-0.15, -0.1) is 0 Å². The van der Waals surface area contributed by atoms with Crippen LogP contribution in [0.4, 0.5) is 0 Å². The van der Waals surface area contributed by atoms with Gasteiger partial charge in [-0.1, -0.05) is 23.7 Å². The van der Waals surface area contributed by atoms with E-state index in [0.29, 0.717) is 16.3 Å². The van der Waals surface area contributed by atoms with E-state index >= 15 is 0 Å². The van der Waals surface area contributed by atoms with E-state index in [0.717, 1.165) is 10.0 Å². The molecule has 0 amide bonds. The highest BCUT2D eigenvalue weighted by atomic mass is 79.9. The summed E-state index contributed by atoms with van der Waals surface area (Å²) in [6.07, 6.45) is -0.565. The molecule has 0 spiro atoms. The van der Waals surface area contributed by atoms with Crippen molar-refractivity contribution >= 4 is 33.3 Å². The molecule has 2 rings (SSSR count). The molecule has 0 aliphatic heterocycles. The Morgan fingerprint density at radius 1 is 1.14 bits per heavy atom. The van der Waals surface area contributed by atoms with Crippen LogP contribution in [-0.4, -0.2) is 11.9 Å². The van der Waals surface area contributed by atoms with Gasteiger partial charge in [-0.2, -0.15) is 0 Å². The Hall–Kier alpha value is -1.32. The molecule has 2 nitrogen and oxygen atoms in total. The van der Waals surface area contributed by atoms with Crippen LogP contribution in [0.1, 0.15) is 28.4 Å². The van der Waals surface area contributed by atoms with Crippen LogP contribution in [0.2, 0.25) is 5.02 Å². The Bertz CT molecular complexity index is 682. The summed E-state index contributed by atoms with van der Waals surface area (Å²) in [5.74, 6) is 0.559. The van der Waals surface area contributed by atoms with Crippen LogP contribution in [0.3, 0.4) is 0 Å². The number of ether oxygens (including phenoxy) is 1. The van der Waals surface area contributed by atoms with Crippen LogP contribution in [0, 0.1) is 13.8 Å². The lowest BCUT2D eigenvalue weighted by Crippen LogP contribution is -2.24. The molecule has 2 aromatic carbocycles. The summed E-state index contributed by atoms with van der Waals surface area (Å²) in [6.45, 7) is 5.76. The summed E-state index contributed by atoms with van der Waals surface area (Å²) < 4.78 is 6.46. The van der Waals surface area contributed by atoms with E-state index in [-0.39, 0.29) is 5.78 Å². The summed E-state index contributed by atoms with van der Waals surface area (Å²) in [5.41, 5.74) is 2.93. The van der Waals surface area contributed by atoms with Crippen molar-refractivity contribution in [3.63, 3.8) is 0 Å². The van der Waals surface area contributed by atoms with Crippen molar-refractivity contribution in [2.45, 2.75) is 26.9 Å². The first-order valence-electron chi connectivity index (χ1n) is 6.61. The minimum Gasteiger partial charge on any atom is -0.481 e. The van der Waals surface area contributed by atoms with Gasteiger partial charge in [0.05, 0.1) is 4.47 Å². The summed E-state index contributed by atoms with van der Waals surface area (Å²) in [6, 6.07) is 10.9. The van der Waals surface area contributed by atoms with Crippen molar-refractivity contribution in [3.05, 3.63) is 62.6 Å². The van der Waals surface area contributed by atoms with Gasteiger partial charge in [-0.3, -0.25) is 4.79 Å². The fourth-order valence-electron chi connectivity index (χ4n) is 1.94. The van der Waals surface area contributed by atoms with E-state index in [1.165, 1.54) is 5.56 Å². The molecule has 0 aliphatic rings. The van der Waals surface area contributed by atoms with Crippen LogP contribution in [0.5, 0.6) is 5.75 Å². The average molecular weight is 368 g/mol. The monoisotopic (exact) mass is 366 g/mol. The molecule has 0 fully saturated rings. The first kappa shape index (κ1) is 16.1. The third-order valence-electron chi connectivity index (χ3n) is 3.36. The van der Waals surface area contributed by atoms with Crippen LogP contribution >= 0.6 is 27.5 Å². The molecule has 0 radical (unpaired) electrons. The molecule has 0 aromatic heterocycles. The van der Waals surface area contributed by atoms with E-state index in [1.54, 1.807) is 25.1 Å². The van der Waals surface area contributed by atoms with Crippen LogP contribution in [0.25, 0.3) is 0 Å². The summed E-state index contributed by atoms with van der Waals surface area (Å²) >= 11 is 9.27. The molecule has 2 aromatic rings. The van der Waals surface area contributed by atoms with Gasteiger partial charge < -0.3 is 4.74 Å².